The number of amides is 1. The van der Waals surface area contributed by atoms with E-state index in [2.05, 4.69) is 5.32 Å². The lowest BCUT2D eigenvalue weighted by Crippen LogP contribution is -2.39. The molecule has 1 N–H and O–H groups in total. The highest BCUT2D eigenvalue weighted by atomic mass is 35.5. The van der Waals surface area contributed by atoms with Crippen LogP contribution in [0.2, 0.25) is 10.0 Å². The number of rotatable bonds is 5. The molecule has 0 radical (unpaired) electrons. The van der Waals surface area contributed by atoms with Gasteiger partial charge in [0.15, 0.2) is 0 Å². The minimum atomic E-state index is 0.0307. The maximum atomic E-state index is 12.2. The van der Waals surface area contributed by atoms with E-state index in [1.807, 2.05) is 17.0 Å². The third-order valence-corrected chi connectivity index (χ3v) is 4.56. The zero-order chi connectivity index (χ0) is 14.1. The molecule has 2 aliphatic rings. The van der Waals surface area contributed by atoms with Gasteiger partial charge in [-0.2, -0.15) is 0 Å². The number of likely N-dealkylation sites (tertiary alicyclic amines) is 1. The van der Waals surface area contributed by atoms with Crippen LogP contribution in [0.1, 0.15) is 24.8 Å². The maximum absolute atomic E-state index is 12.2. The molecular weight excluding hydrogens is 295 g/mol. The molecule has 20 heavy (non-hydrogen) atoms. The van der Waals surface area contributed by atoms with Gasteiger partial charge >= 0.3 is 0 Å². The Hall–Kier alpha value is -0.770. The second-order valence-electron chi connectivity index (χ2n) is 5.59. The summed E-state index contributed by atoms with van der Waals surface area (Å²) in [6.07, 6.45) is 4.12. The van der Waals surface area contributed by atoms with Crippen LogP contribution in [0.3, 0.4) is 0 Å². The molecule has 1 aliphatic carbocycles. The fourth-order valence-electron chi connectivity index (χ4n) is 2.63. The van der Waals surface area contributed by atoms with Gasteiger partial charge in [-0.05, 0) is 43.4 Å². The molecule has 1 unspecified atom stereocenters. The zero-order valence-corrected chi connectivity index (χ0v) is 12.8. The summed E-state index contributed by atoms with van der Waals surface area (Å²) in [6, 6.07) is 6.14. The van der Waals surface area contributed by atoms with Crippen molar-refractivity contribution in [1.29, 1.82) is 0 Å². The molecule has 3 nitrogen and oxygen atoms in total. The lowest BCUT2D eigenvalue weighted by molar-refractivity contribution is -0.129. The zero-order valence-electron chi connectivity index (χ0n) is 11.2. The van der Waals surface area contributed by atoms with Crippen LogP contribution in [0.4, 0.5) is 0 Å². The van der Waals surface area contributed by atoms with Crippen molar-refractivity contribution in [3.63, 3.8) is 0 Å². The largest absolute Gasteiger partial charge is 0.341 e. The van der Waals surface area contributed by atoms with Gasteiger partial charge in [0.25, 0.3) is 0 Å². The van der Waals surface area contributed by atoms with Crippen LogP contribution in [0.15, 0.2) is 18.2 Å². The van der Waals surface area contributed by atoms with E-state index in [0.717, 1.165) is 31.5 Å². The van der Waals surface area contributed by atoms with Crippen LogP contribution in [0, 0.1) is 0 Å². The van der Waals surface area contributed by atoms with Crippen molar-refractivity contribution in [2.45, 2.75) is 37.8 Å². The number of halogens is 2. The van der Waals surface area contributed by atoms with Gasteiger partial charge in [0, 0.05) is 29.2 Å². The SMILES string of the molecule is O=C1C(NC2CC2)CCN1CCc1ccc(Cl)cc1Cl. The van der Waals surface area contributed by atoms with Gasteiger partial charge in [-0.25, -0.2) is 0 Å². The molecule has 0 bridgehead atoms. The highest BCUT2D eigenvalue weighted by Gasteiger charge is 2.35. The first-order valence-electron chi connectivity index (χ1n) is 7.12. The average Bonchev–Trinajstić information content (AvgIpc) is 3.16. The summed E-state index contributed by atoms with van der Waals surface area (Å²) in [4.78, 5) is 14.2. The van der Waals surface area contributed by atoms with E-state index >= 15 is 0 Å². The molecule has 108 valence electrons. The Kier molecular flexibility index (Phi) is 4.20. The molecule has 1 amide bonds. The highest BCUT2D eigenvalue weighted by molar-refractivity contribution is 6.35. The second kappa shape index (κ2) is 5.92. The normalized spacial score (nSPS) is 22.6. The van der Waals surface area contributed by atoms with Crippen molar-refractivity contribution < 1.29 is 4.79 Å². The molecule has 0 spiro atoms. The number of benzene rings is 1. The Morgan fingerprint density at radius 1 is 1.25 bits per heavy atom. The topological polar surface area (TPSA) is 32.3 Å². The van der Waals surface area contributed by atoms with Crippen LogP contribution in [0.25, 0.3) is 0 Å². The van der Waals surface area contributed by atoms with Gasteiger partial charge in [-0.3, -0.25) is 4.79 Å². The highest BCUT2D eigenvalue weighted by Crippen LogP contribution is 2.24. The Morgan fingerprint density at radius 3 is 2.75 bits per heavy atom. The molecule has 1 aromatic carbocycles. The number of carbonyl (C=O) groups is 1. The van der Waals surface area contributed by atoms with Gasteiger partial charge in [0.1, 0.15) is 0 Å². The third kappa shape index (κ3) is 3.27. The summed E-state index contributed by atoms with van der Waals surface area (Å²) in [5.74, 6) is 0.238. The fraction of sp³-hybridized carbons (Fsp3) is 0.533. The molecule has 1 saturated heterocycles. The Balaban J connectivity index is 1.54. The Labute approximate surface area is 129 Å². The van der Waals surface area contributed by atoms with Crippen LogP contribution < -0.4 is 5.32 Å². The first-order chi connectivity index (χ1) is 9.63. The standard InChI is InChI=1S/C15H18Cl2N2O/c16-11-2-1-10(13(17)9-11)5-7-19-8-6-14(15(19)20)18-12-3-4-12/h1-2,9,12,14,18H,3-8H2. The van der Waals surface area contributed by atoms with Gasteiger partial charge in [-0.15, -0.1) is 0 Å². The van der Waals surface area contributed by atoms with Gasteiger partial charge in [0.2, 0.25) is 5.91 Å². The van der Waals surface area contributed by atoms with E-state index in [1.54, 1.807) is 6.07 Å². The molecule has 3 rings (SSSR count). The number of hydrogen-bond acceptors (Lipinski definition) is 2. The summed E-state index contributed by atoms with van der Waals surface area (Å²) in [6.45, 7) is 1.57. The van der Waals surface area contributed by atoms with E-state index in [9.17, 15) is 4.79 Å². The second-order valence-corrected chi connectivity index (χ2v) is 6.44. The maximum Gasteiger partial charge on any atom is 0.239 e. The molecule has 1 heterocycles. The lowest BCUT2D eigenvalue weighted by atomic mass is 10.1. The minimum absolute atomic E-state index is 0.0307. The number of nitrogens with one attached hydrogen (secondary N) is 1. The molecule has 1 atom stereocenters. The summed E-state index contributed by atoms with van der Waals surface area (Å²) < 4.78 is 0. The van der Waals surface area contributed by atoms with Gasteiger partial charge < -0.3 is 10.2 Å². The lowest BCUT2D eigenvalue weighted by Gasteiger charge is -2.17. The average molecular weight is 313 g/mol. The van der Waals surface area contributed by atoms with E-state index in [0.29, 0.717) is 16.1 Å². The first kappa shape index (κ1) is 14.2. The molecule has 1 aromatic rings. The molecule has 1 saturated carbocycles. The van der Waals surface area contributed by atoms with Crippen molar-refractivity contribution in [3.05, 3.63) is 33.8 Å². The van der Waals surface area contributed by atoms with Crippen molar-refractivity contribution in [1.82, 2.24) is 10.2 Å². The number of carbonyl (C=O) groups excluding carboxylic acids is 1. The number of hydrogen-bond donors (Lipinski definition) is 1. The first-order valence-corrected chi connectivity index (χ1v) is 7.88. The summed E-state index contributed by atoms with van der Waals surface area (Å²) in [7, 11) is 0. The summed E-state index contributed by atoms with van der Waals surface area (Å²) in [5.41, 5.74) is 1.04. The molecular formula is C15H18Cl2N2O. The molecule has 5 heteroatoms. The van der Waals surface area contributed by atoms with Crippen LogP contribution in [-0.4, -0.2) is 36.0 Å². The van der Waals surface area contributed by atoms with Crippen LogP contribution in [-0.2, 0) is 11.2 Å². The predicted octanol–water partition coefficient (Wildman–Crippen LogP) is 2.89. The monoisotopic (exact) mass is 312 g/mol. The Bertz CT molecular complexity index is 517. The summed E-state index contributed by atoms with van der Waals surface area (Å²) >= 11 is 12.0. The minimum Gasteiger partial charge on any atom is -0.341 e. The van der Waals surface area contributed by atoms with Crippen molar-refractivity contribution in [3.8, 4) is 0 Å². The van der Waals surface area contributed by atoms with Crippen molar-refractivity contribution in [2.24, 2.45) is 0 Å². The smallest absolute Gasteiger partial charge is 0.239 e. The van der Waals surface area contributed by atoms with Crippen molar-refractivity contribution >= 4 is 29.1 Å². The number of nitrogens with zero attached hydrogens (tertiary/aromatic N) is 1. The van der Waals surface area contributed by atoms with Crippen molar-refractivity contribution in [2.75, 3.05) is 13.1 Å². The molecule has 0 aromatic heterocycles. The van der Waals surface area contributed by atoms with E-state index < -0.39 is 0 Å². The van der Waals surface area contributed by atoms with E-state index in [1.165, 1.54) is 12.8 Å². The molecule has 1 aliphatic heterocycles. The quantitative estimate of drug-likeness (QED) is 0.906. The third-order valence-electron chi connectivity index (χ3n) is 3.98. The summed E-state index contributed by atoms with van der Waals surface area (Å²) in [5, 5.41) is 4.74. The van der Waals surface area contributed by atoms with Crippen LogP contribution >= 0.6 is 23.2 Å². The molecule has 2 fully saturated rings. The van der Waals surface area contributed by atoms with Crippen LogP contribution in [0.5, 0.6) is 0 Å². The predicted molar refractivity (Wildman–Crippen MR) is 81.3 cm³/mol. The van der Waals surface area contributed by atoms with Gasteiger partial charge in [-0.1, -0.05) is 29.3 Å². The van der Waals surface area contributed by atoms with E-state index in [-0.39, 0.29) is 11.9 Å². The van der Waals surface area contributed by atoms with E-state index in [4.69, 9.17) is 23.2 Å². The Morgan fingerprint density at radius 2 is 2.05 bits per heavy atom. The fourth-order valence-corrected chi connectivity index (χ4v) is 3.13. The van der Waals surface area contributed by atoms with Gasteiger partial charge in [0.05, 0.1) is 6.04 Å².